The van der Waals surface area contributed by atoms with Gasteiger partial charge in [-0.3, -0.25) is 18.7 Å². The van der Waals surface area contributed by atoms with E-state index in [0.29, 0.717) is 31.0 Å². The smallest absolute Gasteiger partial charge is 0.490 e. The van der Waals surface area contributed by atoms with Crippen molar-refractivity contribution in [3.05, 3.63) is 122 Å². The second-order valence-electron chi connectivity index (χ2n) is 12.2. The van der Waals surface area contributed by atoms with Gasteiger partial charge in [0.05, 0.1) is 37.4 Å². The summed E-state index contributed by atoms with van der Waals surface area (Å²) < 4.78 is 142. The molecule has 4 rings (SSSR count). The van der Waals surface area contributed by atoms with E-state index in [1.165, 1.54) is 32.2 Å². The predicted octanol–water partition coefficient (Wildman–Crippen LogP) is 7.19. The van der Waals surface area contributed by atoms with E-state index in [1.807, 2.05) is 0 Å². The minimum Gasteiger partial charge on any atom is -0.494 e. The molecule has 4 aromatic rings. The van der Waals surface area contributed by atoms with E-state index in [2.05, 4.69) is 5.32 Å². The van der Waals surface area contributed by atoms with Crippen LogP contribution >= 0.6 is 0 Å². The summed E-state index contributed by atoms with van der Waals surface area (Å²) in [6.07, 6.45) is -14.3. The molecule has 4 N–H and O–H groups in total. The van der Waals surface area contributed by atoms with E-state index in [0.717, 1.165) is 21.3 Å². The Labute approximate surface area is 331 Å². The maximum absolute atomic E-state index is 15.6. The first-order valence-corrected chi connectivity index (χ1v) is 16.9. The predicted molar refractivity (Wildman–Crippen MR) is 188 cm³/mol. The van der Waals surface area contributed by atoms with Gasteiger partial charge in [0.25, 0.3) is 5.56 Å². The van der Waals surface area contributed by atoms with Gasteiger partial charge >= 0.3 is 42.1 Å². The molecule has 0 aliphatic rings. The fraction of sp³-hybridized carbons (Fsp3) is 0.324. The number of ether oxygens (including phenoxy) is 1. The minimum absolute atomic E-state index is 0.0504. The maximum Gasteiger partial charge on any atom is 0.490 e. The van der Waals surface area contributed by atoms with Gasteiger partial charge in [-0.2, -0.15) is 39.5 Å². The number of rotatable bonds is 13. The van der Waals surface area contributed by atoms with E-state index in [9.17, 15) is 58.3 Å². The van der Waals surface area contributed by atoms with Gasteiger partial charge in [0.2, 0.25) is 0 Å². The number of hydrogen-bond acceptors (Lipinski definition) is 7. The summed E-state index contributed by atoms with van der Waals surface area (Å²) in [4.78, 5) is 56.8. The van der Waals surface area contributed by atoms with Gasteiger partial charge < -0.3 is 25.4 Å². The van der Waals surface area contributed by atoms with Crippen LogP contribution in [0, 0.1) is 18.6 Å². The second kappa shape index (κ2) is 21.1. The van der Waals surface area contributed by atoms with Crippen LogP contribution < -0.4 is 21.3 Å². The number of alkyl halides is 9. The summed E-state index contributed by atoms with van der Waals surface area (Å²) in [6, 6.07) is 14.5. The van der Waals surface area contributed by atoms with E-state index < -0.39 is 83.0 Å². The molecule has 0 aliphatic heterocycles. The summed E-state index contributed by atoms with van der Waals surface area (Å²) in [5, 5.41) is 26.4. The summed E-state index contributed by atoms with van der Waals surface area (Å²) in [6.45, 7) is 0.362. The van der Waals surface area contributed by atoms with Crippen LogP contribution in [0.4, 0.5) is 48.3 Å². The first kappa shape index (κ1) is 49.9. The molecule has 23 heteroatoms. The number of carboxylic acids is 3. The van der Waals surface area contributed by atoms with Crippen LogP contribution in [0.15, 0.2) is 76.3 Å². The highest BCUT2D eigenvalue weighted by Gasteiger charge is 2.39. The molecular formula is C37H34F11N3O9. The first-order valence-electron chi connectivity index (χ1n) is 16.9. The van der Waals surface area contributed by atoms with Crippen molar-refractivity contribution in [3.63, 3.8) is 0 Å². The zero-order valence-electron chi connectivity index (χ0n) is 31.0. The third-order valence-electron chi connectivity index (χ3n) is 8.14. The number of nitrogens with one attached hydrogen (secondary N) is 1. The number of carbonyl (C=O) groups is 3. The van der Waals surface area contributed by atoms with Crippen molar-refractivity contribution >= 4 is 17.9 Å². The van der Waals surface area contributed by atoms with Crippen LogP contribution in [0.5, 0.6) is 5.75 Å². The number of carboxylic acid groups (broad SMARTS) is 3. The van der Waals surface area contributed by atoms with Gasteiger partial charge in [-0.15, -0.1) is 0 Å². The Bertz CT molecular complexity index is 2210. The lowest BCUT2D eigenvalue weighted by molar-refractivity contribution is -0.193. The molecule has 0 saturated heterocycles. The molecule has 0 unspecified atom stereocenters. The number of aromatic nitrogens is 2. The molecule has 0 fully saturated rings. The van der Waals surface area contributed by atoms with Crippen LogP contribution in [0.1, 0.15) is 47.7 Å². The van der Waals surface area contributed by atoms with Crippen LogP contribution in [-0.2, 0) is 33.6 Å². The molecule has 0 radical (unpaired) electrons. The van der Waals surface area contributed by atoms with Crippen molar-refractivity contribution in [1.29, 1.82) is 0 Å². The average molecular weight is 874 g/mol. The molecule has 1 atom stereocenters. The van der Waals surface area contributed by atoms with Crippen molar-refractivity contribution in [2.24, 2.45) is 0 Å². The van der Waals surface area contributed by atoms with Gasteiger partial charge in [0, 0.05) is 23.2 Å². The van der Waals surface area contributed by atoms with Crippen LogP contribution in [0.25, 0.3) is 11.1 Å². The normalized spacial score (nSPS) is 12.0. The Morgan fingerprint density at radius 1 is 0.767 bits per heavy atom. The topological polar surface area (TPSA) is 177 Å². The molecule has 1 heterocycles. The lowest BCUT2D eigenvalue weighted by Gasteiger charge is -2.24. The number of aliphatic carboxylic acids is 3. The largest absolute Gasteiger partial charge is 0.494 e. The van der Waals surface area contributed by atoms with Gasteiger partial charge in [-0.25, -0.2) is 23.2 Å². The number of halogens is 11. The Morgan fingerprint density at radius 2 is 1.32 bits per heavy atom. The van der Waals surface area contributed by atoms with Gasteiger partial charge in [0.15, 0.2) is 11.6 Å². The number of hydrogen-bond donors (Lipinski definition) is 4. The number of benzene rings is 3. The molecule has 60 heavy (non-hydrogen) atoms. The molecule has 328 valence electrons. The van der Waals surface area contributed by atoms with E-state index in [4.69, 9.17) is 29.6 Å². The second-order valence-corrected chi connectivity index (χ2v) is 12.2. The maximum atomic E-state index is 15.6. The molecule has 0 saturated carbocycles. The molecule has 1 aromatic heterocycles. The summed E-state index contributed by atoms with van der Waals surface area (Å²) in [7, 11) is 1.22. The third-order valence-corrected chi connectivity index (χ3v) is 8.14. The molecule has 0 bridgehead atoms. The van der Waals surface area contributed by atoms with Crippen molar-refractivity contribution in [3.8, 4) is 16.9 Å². The zero-order chi connectivity index (χ0) is 45.7. The first-order chi connectivity index (χ1) is 27.7. The molecule has 0 amide bonds. The quantitative estimate of drug-likeness (QED) is 0.0795. The Balaban J connectivity index is 0.000000758. The van der Waals surface area contributed by atoms with Crippen molar-refractivity contribution < 1.29 is 82.7 Å². The Kier molecular flexibility index (Phi) is 17.6. The van der Waals surface area contributed by atoms with Crippen LogP contribution in [0.3, 0.4) is 0 Å². The fourth-order valence-electron chi connectivity index (χ4n) is 5.30. The summed E-state index contributed by atoms with van der Waals surface area (Å²) in [5.41, 5.74) is -4.14. The van der Waals surface area contributed by atoms with Crippen LogP contribution in [-0.4, -0.2) is 68.4 Å². The highest BCUT2D eigenvalue weighted by Crippen LogP contribution is 2.34. The number of methoxy groups -OCH3 is 1. The molecular weight excluding hydrogens is 839 g/mol. The SMILES string of the molecule is COc1cccc(-c2c(C)n(Cc3c(F)cccc3C(F)(F)F)c(=O)n(C[C@H](NCCCCC(=O)O)c3ccccc3)c2=O)c1F.O=C(O)C(F)(F)F.O=C(O)C(F)(F)F. The van der Waals surface area contributed by atoms with Crippen LogP contribution in [0.2, 0.25) is 0 Å². The summed E-state index contributed by atoms with van der Waals surface area (Å²) in [5.74, 6) is -8.82. The van der Waals surface area contributed by atoms with Gasteiger partial charge in [-0.05, 0) is 50.1 Å². The summed E-state index contributed by atoms with van der Waals surface area (Å²) >= 11 is 0. The Hall–Kier alpha value is -6.26. The van der Waals surface area contributed by atoms with E-state index in [1.54, 1.807) is 30.3 Å². The Morgan fingerprint density at radius 3 is 1.82 bits per heavy atom. The van der Waals surface area contributed by atoms with Crippen molar-refractivity contribution in [1.82, 2.24) is 14.5 Å². The van der Waals surface area contributed by atoms with E-state index >= 15 is 4.39 Å². The van der Waals surface area contributed by atoms with Gasteiger partial charge in [-0.1, -0.05) is 48.5 Å². The molecule has 0 spiro atoms. The van der Waals surface area contributed by atoms with E-state index in [-0.39, 0.29) is 35.5 Å². The van der Waals surface area contributed by atoms with Crippen molar-refractivity contribution in [2.75, 3.05) is 13.7 Å². The number of unbranched alkanes of at least 4 members (excludes halogenated alkanes) is 1. The standard InChI is InChI=1S/C33H32F5N3O5.2C2HF3O2/c1-20-29(22-12-8-15-27(46-2)30(22)35)31(44)41(19-26(21-10-4-3-5-11-21)39-17-7-6-16-28(42)43)32(45)40(20)18-23-24(33(36,37)38)13-9-14-25(23)34;2*3-2(4,5)1(6)7/h3-5,8-15,26,39H,6-7,16-19H2,1-2H3,(H,42,43);2*(H,6,7)/t26-;;/m0../s1. The zero-order valence-corrected chi connectivity index (χ0v) is 31.0. The van der Waals surface area contributed by atoms with Crippen molar-refractivity contribution in [2.45, 2.75) is 63.8 Å². The fourth-order valence-corrected chi connectivity index (χ4v) is 5.30. The molecule has 0 aliphatic carbocycles. The lowest BCUT2D eigenvalue weighted by Crippen LogP contribution is -2.45. The monoisotopic (exact) mass is 873 g/mol. The lowest BCUT2D eigenvalue weighted by atomic mass is 10.0. The average Bonchev–Trinajstić information content (AvgIpc) is 3.14. The third kappa shape index (κ3) is 13.9. The highest BCUT2D eigenvalue weighted by molar-refractivity contribution is 5.73. The number of nitrogens with zero attached hydrogens (tertiary/aromatic N) is 2. The van der Waals surface area contributed by atoms with Gasteiger partial charge in [0.1, 0.15) is 5.82 Å². The molecule has 12 nitrogen and oxygen atoms in total. The highest BCUT2D eigenvalue weighted by atomic mass is 19.4. The molecule has 3 aromatic carbocycles. The minimum atomic E-state index is -5.08.